The summed E-state index contributed by atoms with van der Waals surface area (Å²) >= 11 is 0. The number of hydrogen-bond donors (Lipinski definition) is 1. The lowest BCUT2D eigenvalue weighted by molar-refractivity contribution is -0.0334. The van der Waals surface area contributed by atoms with E-state index in [-0.39, 0.29) is 0 Å². The summed E-state index contributed by atoms with van der Waals surface area (Å²) in [5.41, 5.74) is 7.85. The number of nitrogens with zero attached hydrogens (tertiary/aromatic N) is 1. The Kier molecular flexibility index (Phi) is 5.34. The van der Waals surface area contributed by atoms with E-state index in [2.05, 4.69) is 17.1 Å². The number of pyridine rings is 1. The zero-order valence-electron chi connectivity index (χ0n) is 10.8. The Morgan fingerprint density at radius 2 is 1.47 bits per heavy atom. The third kappa shape index (κ3) is 4.69. The Balaban J connectivity index is 0.000000186. The largest absolute Gasteiger partial charge is 0.384 e. The van der Waals surface area contributed by atoms with Crippen molar-refractivity contribution in [3.63, 3.8) is 0 Å². The minimum absolute atomic E-state index is 0.557. The highest BCUT2D eigenvalue weighted by Gasteiger charge is 1.96. The van der Waals surface area contributed by atoms with E-state index in [0.29, 0.717) is 5.82 Å². The predicted octanol–water partition coefficient (Wildman–Crippen LogP) is 2.36. The lowest BCUT2D eigenvalue weighted by Gasteiger charge is -2.09. The lowest BCUT2D eigenvalue weighted by Crippen LogP contribution is -2.16. The molecular weight excluding hydrogens is 240 g/mol. The summed E-state index contributed by atoms with van der Waals surface area (Å²) < 4.78 is 9.89. The van der Waals surface area contributed by atoms with Gasteiger partial charge in [0, 0.05) is 6.20 Å². The van der Waals surface area contributed by atoms with Crippen molar-refractivity contribution in [3.8, 4) is 11.1 Å². The minimum Gasteiger partial charge on any atom is -0.384 e. The molecule has 0 spiro atoms. The van der Waals surface area contributed by atoms with Crippen LogP contribution in [0.4, 0.5) is 5.82 Å². The summed E-state index contributed by atoms with van der Waals surface area (Å²) in [4.78, 5) is 3.94. The fraction of sp³-hybridized carbons (Fsp3) is 0.267. The van der Waals surface area contributed by atoms with Crippen molar-refractivity contribution in [2.75, 3.05) is 32.2 Å². The number of hydrogen-bond acceptors (Lipinski definition) is 4. The molecule has 0 bridgehead atoms. The Labute approximate surface area is 113 Å². The molecule has 1 saturated heterocycles. The quantitative estimate of drug-likeness (QED) is 0.853. The molecule has 1 aromatic carbocycles. The molecule has 0 unspecified atom stereocenters. The Morgan fingerprint density at radius 3 is 2.00 bits per heavy atom. The first kappa shape index (κ1) is 13.5. The van der Waals surface area contributed by atoms with Crippen LogP contribution >= 0.6 is 0 Å². The molecule has 0 aliphatic carbocycles. The maximum Gasteiger partial charge on any atom is 0.123 e. The maximum absolute atomic E-state index is 5.58. The molecule has 1 aliphatic rings. The van der Waals surface area contributed by atoms with Gasteiger partial charge in [0.05, 0.1) is 26.4 Å². The van der Waals surface area contributed by atoms with Gasteiger partial charge in [-0.2, -0.15) is 0 Å². The second-order valence-corrected chi connectivity index (χ2v) is 4.06. The second kappa shape index (κ2) is 7.51. The van der Waals surface area contributed by atoms with Crippen LogP contribution in [0.15, 0.2) is 48.7 Å². The van der Waals surface area contributed by atoms with Crippen LogP contribution in [0.3, 0.4) is 0 Å². The molecule has 1 aromatic heterocycles. The monoisotopic (exact) mass is 258 g/mol. The molecule has 2 N–H and O–H groups in total. The topological polar surface area (TPSA) is 57.4 Å². The first-order valence-corrected chi connectivity index (χ1v) is 6.29. The van der Waals surface area contributed by atoms with Crippen LogP contribution < -0.4 is 5.73 Å². The Hall–Kier alpha value is -1.91. The van der Waals surface area contributed by atoms with Crippen molar-refractivity contribution in [2.45, 2.75) is 0 Å². The predicted molar refractivity (Wildman–Crippen MR) is 75.7 cm³/mol. The summed E-state index contributed by atoms with van der Waals surface area (Å²) in [5.74, 6) is 0.557. The van der Waals surface area contributed by atoms with Crippen molar-refractivity contribution in [3.05, 3.63) is 48.7 Å². The zero-order chi connectivity index (χ0) is 13.3. The van der Waals surface area contributed by atoms with Gasteiger partial charge in [-0.1, -0.05) is 30.3 Å². The Morgan fingerprint density at radius 1 is 0.842 bits per heavy atom. The molecule has 0 amide bonds. The van der Waals surface area contributed by atoms with Gasteiger partial charge in [0.15, 0.2) is 0 Å². The van der Waals surface area contributed by atoms with Crippen LogP contribution in [0.2, 0.25) is 0 Å². The van der Waals surface area contributed by atoms with Crippen LogP contribution in [0.5, 0.6) is 0 Å². The van der Waals surface area contributed by atoms with Crippen molar-refractivity contribution in [1.82, 2.24) is 4.98 Å². The molecule has 4 nitrogen and oxygen atoms in total. The third-order valence-corrected chi connectivity index (χ3v) is 2.63. The first-order valence-electron chi connectivity index (χ1n) is 6.29. The van der Waals surface area contributed by atoms with Gasteiger partial charge in [-0.3, -0.25) is 0 Å². The molecule has 3 rings (SSSR count). The summed E-state index contributed by atoms with van der Waals surface area (Å²) in [6.45, 7) is 3.11. The fourth-order valence-electron chi connectivity index (χ4n) is 1.70. The highest BCUT2D eigenvalue weighted by molar-refractivity contribution is 5.65. The molecule has 2 heterocycles. The highest BCUT2D eigenvalue weighted by Crippen LogP contribution is 2.18. The average molecular weight is 258 g/mol. The first-order chi connectivity index (χ1) is 9.36. The molecule has 1 aliphatic heterocycles. The van der Waals surface area contributed by atoms with Crippen molar-refractivity contribution >= 4 is 5.82 Å². The van der Waals surface area contributed by atoms with E-state index >= 15 is 0 Å². The number of nitrogen functional groups attached to an aromatic ring is 1. The third-order valence-electron chi connectivity index (χ3n) is 2.63. The summed E-state index contributed by atoms with van der Waals surface area (Å²) in [6.07, 6.45) is 1.72. The van der Waals surface area contributed by atoms with E-state index in [9.17, 15) is 0 Å². The SMILES string of the molecule is C1COCCO1.Nc1cc(-c2ccccc2)ccn1. The van der Waals surface area contributed by atoms with Gasteiger partial charge >= 0.3 is 0 Å². The van der Waals surface area contributed by atoms with Gasteiger partial charge in [0.25, 0.3) is 0 Å². The number of rotatable bonds is 1. The number of aromatic nitrogens is 1. The highest BCUT2D eigenvalue weighted by atomic mass is 16.6. The van der Waals surface area contributed by atoms with Gasteiger partial charge in [-0.15, -0.1) is 0 Å². The van der Waals surface area contributed by atoms with Gasteiger partial charge < -0.3 is 15.2 Å². The standard InChI is InChI=1S/C11H10N2.C4H8O2/c12-11-8-10(6-7-13-11)9-4-2-1-3-5-9;1-2-6-4-3-5-1/h1-8H,(H2,12,13);1-4H2. The van der Waals surface area contributed by atoms with Crippen molar-refractivity contribution in [2.24, 2.45) is 0 Å². The van der Waals surface area contributed by atoms with E-state index in [4.69, 9.17) is 15.2 Å². The molecular formula is C15H18N2O2. The smallest absolute Gasteiger partial charge is 0.123 e. The molecule has 0 radical (unpaired) electrons. The van der Waals surface area contributed by atoms with Crippen LogP contribution in [-0.4, -0.2) is 31.4 Å². The fourth-order valence-corrected chi connectivity index (χ4v) is 1.70. The van der Waals surface area contributed by atoms with Crippen molar-refractivity contribution in [1.29, 1.82) is 0 Å². The van der Waals surface area contributed by atoms with Gasteiger partial charge in [0.1, 0.15) is 5.82 Å². The van der Waals surface area contributed by atoms with E-state index in [1.807, 2.05) is 30.3 Å². The Bertz CT molecular complexity index is 473. The average Bonchev–Trinajstić information content (AvgIpc) is 2.51. The normalized spacial score (nSPS) is 14.3. The van der Waals surface area contributed by atoms with Gasteiger partial charge in [-0.25, -0.2) is 4.98 Å². The molecule has 1 fully saturated rings. The summed E-state index contributed by atoms with van der Waals surface area (Å²) in [6, 6.07) is 13.9. The van der Waals surface area contributed by atoms with Crippen LogP contribution in [0.25, 0.3) is 11.1 Å². The van der Waals surface area contributed by atoms with E-state index in [1.54, 1.807) is 6.20 Å². The zero-order valence-corrected chi connectivity index (χ0v) is 10.8. The second-order valence-electron chi connectivity index (χ2n) is 4.06. The molecule has 4 heteroatoms. The number of benzene rings is 1. The minimum atomic E-state index is 0.557. The van der Waals surface area contributed by atoms with Crippen LogP contribution in [0, 0.1) is 0 Å². The van der Waals surface area contributed by atoms with Crippen LogP contribution in [0.1, 0.15) is 0 Å². The molecule has 100 valence electrons. The van der Waals surface area contributed by atoms with E-state index in [0.717, 1.165) is 37.6 Å². The van der Waals surface area contributed by atoms with Gasteiger partial charge in [-0.05, 0) is 23.3 Å². The van der Waals surface area contributed by atoms with Crippen molar-refractivity contribution < 1.29 is 9.47 Å². The van der Waals surface area contributed by atoms with E-state index in [1.165, 1.54) is 0 Å². The number of anilines is 1. The molecule has 2 aromatic rings. The van der Waals surface area contributed by atoms with Crippen LogP contribution in [-0.2, 0) is 9.47 Å². The maximum atomic E-state index is 5.58. The number of ether oxygens (including phenoxy) is 2. The summed E-state index contributed by atoms with van der Waals surface area (Å²) in [7, 11) is 0. The van der Waals surface area contributed by atoms with E-state index < -0.39 is 0 Å². The molecule has 0 saturated carbocycles. The lowest BCUT2D eigenvalue weighted by atomic mass is 10.1. The number of nitrogens with two attached hydrogens (primary N) is 1. The molecule has 0 atom stereocenters. The molecule has 19 heavy (non-hydrogen) atoms. The summed E-state index contributed by atoms with van der Waals surface area (Å²) in [5, 5.41) is 0. The van der Waals surface area contributed by atoms with Gasteiger partial charge in [0.2, 0.25) is 0 Å².